The summed E-state index contributed by atoms with van der Waals surface area (Å²) in [6, 6.07) is 32.1. The van der Waals surface area contributed by atoms with E-state index in [2.05, 4.69) is 41.0 Å². The summed E-state index contributed by atoms with van der Waals surface area (Å²) in [5.74, 6) is 5.57. The molecular weight excluding hydrogens is 388 g/mol. The van der Waals surface area contributed by atoms with Crippen molar-refractivity contribution in [3.63, 3.8) is 0 Å². The first-order valence-corrected chi connectivity index (χ1v) is 9.61. The van der Waals surface area contributed by atoms with Gasteiger partial charge in [-0.05, 0) is 54.6 Å². The van der Waals surface area contributed by atoms with E-state index in [4.69, 9.17) is 0 Å². The molecule has 0 saturated carbocycles. The van der Waals surface area contributed by atoms with E-state index >= 15 is 0 Å². The largest absolute Gasteiger partial charge is 0.502 e. The van der Waals surface area contributed by atoms with Gasteiger partial charge in [-0.2, -0.15) is 0 Å². The van der Waals surface area contributed by atoms with Crippen LogP contribution in [0.4, 0.5) is 22.7 Å². The Bertz CT molecular complexity index is 1220. The maximum absolute atomic E-state index is 10.8. The summed E-state index contributed by atoms with van der Waals surface area (Å²) >= 11 is 0. The minimum atomic E-state index is -0.628. The zero-order valence-corrected chi connectivity index (χ0v) is 16.5. The minimum absolute atomic E-state index is 0.336. The molecule has 5 heteroatoms. The van der Waals surface area contributed by atoms with Crippen LogP contribution in [0.1, 0.15) is 11.1 Å². The Morgan fingerprint density at radius 2 is 1.16 bits per heavy atom. The molecule has 0 radical (unpaired) electrons. The molecule has 0 saturated heterocycles. The molecule has 5 nitrogen and oxygen atoms in total. The van der Waals surface area contributed by atoms with E-state index in [9.17, 15) is 15.2 Å². The van der Waals surface area contributed by atoms with Crippen LogP contribution >= 0.6 is 0 Å². The fourth-order valence-electron chi connectivity index (χ4n) is 3.20. The van der Waals surface area contributed by atoms with E-state index in [0.29, 0.717) is 5.56 Å². The van der Waals surface area contributed by atoms with Gasteiger partial charge in [-0.25, -0.2) is 0 Å². The van der Waals surface area contributed by atoms with E-state index < -0.39 is 10.7 Å². The number of anilines is 3. The second-order valence-corrected chi connectivity index (χ2v) is 6.76. The van der Waals surface area contributed by atoms with Crippen LogP contribution in [0.15, 0.2) is 103 Å². The highest BCUT2D eigenvalue weighted by atomic mass is 16.6. The maximum Gasteiger partial charge on any atom is 0.310 e. The number of nitro groups is 1. The highest BCUT2D eigenvalue weighted by Gasteiger charge is 2.13. The third kappa shape index (κ3) is 4.55. The van der Waals surface area contributed by atoms with Crippen molar-refractivity contribution in [3.05, 3.63) is 124 Å². The van der Waals surface area contributed by atoms with E-state index in [-0.39, 0.29) is 5.69 Å². The van der Waals surface area contributed by atoms with Crippen LogP contribution in [-0.2, 0) is 0 Å². The van der Waals surface area contributed by atoms with Crippen LogP contribution in [-0.4, -0.2) is 10.0 Å². The van der Waals surface area contributed by atoms with Gasteiger partial charge in [0.25, 0.3) is 0 Å². The topological polar surface area (TPSA) is 66.6 Å². The average molecular weight is 406 g/mol. The summed E-state index contributed by atoms with van der Waals surface area (Å²) < 4.78 is 0. The van der Waals surface area contributed by atoms with E-state index in [1.54, 1.807) is 0 Å². The molecule has 4 aromatic rings. The van der Waals surface area contributed by atoms with Gasteiger partial charge in [0, 0.05) is 40.3 Å². The van der Waals surface area contributed by atoms with Crippen molar-refractivity contribution in [2.24, 2.45) is 0 Å². The smallest absolute Gasteiger partial charge is 0.310 e. The van der Waals surface area contributed by atoms with Gasteiger partial charge in [0.1, 0.15) is 0 Å². The summed E-state index contributed by atoms with van der Waals surface area (Å²) in [7, 11) is 0. The van der Waals surface area contributed by atoms with E-state index in [0.717, 1.165) is 22.6 Å². The van der Waals surface area contributed by atoms with Crippen molar-refractivity contribution in [1.29, 1.82) is 0 Å². The van der Waals surface area contributed by atoms with Crippen LogP contribution in [0.3, 0.4) is 0 Å². The van der Waals surface area contributed by atoms with Gasteiger partial charge in [-0.1, -0.05) is 48.2 Å². The number of para-hydroxylation sites is 2. The molecule has 150 valence electrons. The van der Waals surface area contributed by atoms with Gasteiger partial charge in [0.15, 0.2) is 5.75 Å². The number of hydrogen-bond acceptors (Lipinski definition) is 4. The molecule has 31 heavy (non-hydrogen) atoms. The number of phenols is 1. The third-order valence-electron chi connectivity index (χ3n) is 4.68. The Balaban J connectivity index is 1.62. The Labute approximate surface area is 180 Å². The molecule has 4 rings (SSSR count). The molecule has 0 bridgehead atoms. The number of nitrogens with zero attached hydrogens (tertiary/aromatic N) is 2. The lowest BCUT2D eigenvalue weighted by Gasteiger charge is -2.25. The molecule has 0 fully saturated rings. The Hall–Kier alpha value is -4.56. The fourth-order valence-corrected chi connectivity index (χ4v) is 3.20. The molecule has 0 unspecified atom stereocenters. The van der Waals surface area contributed by atoms with E-state index in [1.165, 1.54) is 18.2 Å². The van der Waals surface area contributed by atoms with Gasteiger partial charge in [-0.15, -0.1) is 0 Å². The number of aromatic hydroxyl groups is 1. The van der Waals surface area contributed by atoms with Crippen molar-refractivity contribution in [3.8, 4) is 17.6 Å². The summed E-state index contributed by atoms with van der Waals surface area (Å²) in [5.41, 5.74) is 4.06. The highest BCUT2D eigenvalue weighted by molar-refractivity contribution is 5.76. The molecule has 0 spiro atoms. The van der Waals surface area contributed by atoms with Gasteiger partial charge < -0.3 is 10.0 Å². The zero-order valence-electron chi connectivity index (χ0n) is 16.5. The SMILES string of the molecule is O=[N+]([O-])c1ccc(C#Cc2ccc(N(c3ccccc3)c3ccccc3)cc2)cc1O. The maximum atomic E-state index is 10.8. The number of phenolic OH excluding ortho intramolecular Hbond substituents is 1. The van der Waals surface area contributed by atoms with Crippen LogP contribution in [0.2, 0.25) is 0 Å². The normalized spacial score (nSPS) is 10.1. The molecule has 0 heterocycles. The number of rotatable bonds is 4. The van der Waals surface area contributed by atoms with Crippen molar-refractivity contribution in [2.75, 3.05) is 4.90 Å². The molecule has 0 aromatic heterocycles. The van der Waals surface area contributed by atoms with Gasteiger partial charge in [0.2, 0.25) is 0 Å². The lowest BCUT2D eigenvalue weighted by Crippen LogP contribution is -2.09. The molecule has 0 aliphatic rings. The second kappa shape index (κ2) is 8.85. The van der Waals surface area contributed by atoms with Crippen LogP contribution < -0.4 is 4.90 Å². The predicted molar refractivity (Wildman–Crippen MR) is 122 cm³/mol. The molecule has 0 aliphatic heterocycles. The van der Waals surface area contributed by atoms with Gasteiger partial charge in [-0.3, -0.25) is 10.1 Å². The van der Waals surface area contributed by atoms with Crippen LogP contribution in [0, 0.1) is 22.0 Å². The zero-order chi connectivity index (χ0) is 21.6. The number of nitro benzene ring substituents is 1. The molecule has 0 atom stereocenters. The van der Waals surface area contributed by atoms with Crippen molar-refractivity contribution >= 4 is 22.7 Å². The predicted octanol–water partition coefficient (Wildman–Crippen LogP) is 6.17. The Morgan fingerprint density at radius 1 is 0.677 bits per heavy atom. The lowest BCUT2D eigenvalue weighted by atomic mass is 10.1. The van der Waals surface area contributed by atoms with Crippen molar-refractivity contribution in [2.45, 2.75) is 0 Å². The summed E-state index contributed by atoms with van der Waals surface area (Å²) in [4.78, 5) is 12.3. The fraction of sp³-hybridized carbons (Fsp3) is 0. The van der Waals surface area contributed by atoms with Gasteiger partial charge in [0.05, 0.1) is 4.92 Å². The first kappa shape index (κ1) is 19.7. The van der Waals surface area contributed by atoms with Crippen molar-refractivity contribution < 1.29 is 10.0 Å². The highest BCUT2D eigenvalue weighted by Crippen LogP contribution is 2.34. The molecule has 0 aliphatic carbocycles. The van der Waals surface area contributed by atoms with Crippen LogP contribution in [0.5, 0.6) is 5.75 Å². The summed E-state index contributed by atoms with van der Waals surface area (Å²) in [5, 5.41) is 20.6. The third-order valence-corrected chi connectivity index (χ3v) is 4.68. The monoisotopic (exact) mass is 406 g/mol. The van der Waals surface area contributed by atoms with Crippen molar-refractivity contribution in [1.82, 2.24) is 0 Å². The molecule has 0 amide bonds. The average Bonchev–Trinajstić information content (AvgIpc) is 2.80. The summed E-state index contributed by atoms with van der Waals surface area (Å²) in [6.07, 6.45) is 0. The Kier molecular flexibility index (Phi) is 5.64. The second-order valence-electron chi connectivity index (χ2n) is 6.76. The molecular formula is C26H18N2O3. The first-order chi connectivity index (χ1) is 15.1. The minimum Gasteiger partial charge on any atom is -0.502 e. The number of benzene rings is 4. The number of hydrogen-bond donors (Lipinski definition) is 1. The molecule has 4 aromatic carbocycles. The van der Waals surface area contributed by atoms with Crippen LogP contribution in [0.25, 0.3) is 0 Å². The molecule has 1 N–H and O–H groups in total. The Morgan fingerprint density at radius 3 is 1.68 bits per heavy atom. The quantitative estimate of drug-likeness (QED) is 0.250. The summed E-state index contributed by atoms with van der Waals surface area (Å²) in [6.45, 7) is 0. The van der Waals surface area contributed by atoms with Gasteiger partial charge >= 0.3 is 5.69 Å². The lowest BCUT2D eigenvalue weighted by molar-refractivity contribution is -0.385. The first-order valence-electron chi connectivity index (χ1n) is 9.61. The van der Waals surface area contributed by atoms with E-state index in [1.807, 2.05) is 60.7 Å². The standard InChI is InChI=1S/C26H18N2O3/c29-26-19-21(15-18-25(26)28(30)31)12-11-20-13-16-24(17-14-20)27(22-7-3-1-4-8-22)23-9-5-2-6-10-23/h1-10,13-19,29H.